The summed E-state index contributed by atoms with van der Waals surface area (Å²) >= 11 is 1.62. The van der Waals surface area contributed by atoms with E-state index >= 15 is 0 Å². The first-order valence-corrected chi connectivity index (χ1v) is 8.19. The van der Waals surface area contributed by atoms with Crippen LogP contribution in [0.5, 0.6) is 0 Å². The maximum atomic E-state index is 11.4. The van der Waals surface area contributed by atoms with Gasteiger partial charge in [-0.05, 0) is 19.1 Å². The quantitative estimate of drug-likeness (QED) is 0.731. The Bertz CT molecular complexity index is 782. The van der Waals surface area contributed by atoms with Gasteiger partial charge in [-0.2, -0.15) is 0 Å². The van der Waals surface area contributed by atoms with E-state index in [9.17, 15) is 4.79 Å². The van der Waals surface area contributed by atoms with E-state index in [1.807, 2.05) is 47.8 Å². The smallest absolute Gasteiger partial charge is 0.411 e. The zero-order chi connectivity index (χ0) is 16.1. The normalized spacial score (nSPS) is 10.3. The lowest BCUT2D eigenvalue weighted by Gasteiger charge is -2.05. The topological polar surface area (TPSA) is 51.2 Å². The number of hydrogen-bond acceptors (Lipinski definition) is 4. The summed E-state index contributed by atoms with van der Waals surface area (Å²) in [5, 5.41) is 5.71. The lowest BCUT2D eigenvalue weighted by atomic mass is 10.1. The largest absolute Gasteiger partial charge is 0.450 e. The van der Waals surface area contributed by atoms with Crippen LogP contribution in [0.1, 0.15) is 6.92 Å². The molecule has 1 heterocycles. The molecule has 0 saturated carbocycles. The first-order valence-electron chi connectivity index (χ1n) is 7.31. The third-order valence-corrected chi connectivity index (χ3v) is 4.12. The van der Waals surface area contributed by atoms with Crippen molar-refractivity contribution >= 4 is 23.1 Å². The minimum absolute atomic E-state index is 0.352. The number of thiazole rings is 1. The molecular formula is C18H16N2O2S. The van der Waals surface area contributed by atoms with E-state index in [0.717, 1.165) is 21.8 Å². The van der Waals surface area contributed by atoms with Crippen LogP contribution in [-0.2, 0) is 4.74 Å². The number of rotatable bonds is 4. The van der Waals surface area contributed by atoms with Gasteiger partial charge >= 0.3 is 6.09 Å². The Balaban J connectivity index is 1.75. The Labute approximate surface area is 138 Å². The van der Waals surface area contributed by atoms with Crippen molar-refractivity contribution in [3.63, 3.8) is 0 Å². The van der Waals surface area contributed by atoms with Gasteiger partial charge in [0, 0.05) is 22.2 Å². The second-order valence-electron chi connectivity index (χ2n) is 4.83. The fourth-order valence-electron chi connectivity index (χ4n) is 2.13. The molecule has 1 aromatic heterocycles. The number of carbonyl (C=O) groups excluding carboxylic acids is 1. The second kappa shape index (κ2) is 7.07. The van der Waals surface area contributed by atoms with E-state index in [-0.39, 0.29) is 0 Å². The predicted molar refractivity (Wildman–Crippen MR) is 93.6 cm³/mol. The Morgan fingerprint density at radius 2 is 1.83 bits per heavy atom. The number of benzene rings is 2. The van der Waals surface area contributed by atoms with Crippen molar-refractivity contribution in [2.24, 2.45) is 0 Å². The number of carbonyl (C=O) groups is 1. The van der Waals surface area contributed by atoms with E-state index in [1.165, 1.54) is 0 Å². The summed E-state index contributed by atoms with van der Waals surface area (Å²) in [5.41, 5.74) is 3.75. The molecule has 2 aromatic carbocycles. The molecule has 1 amide bonds. The standard InChI is InChI=1S/C18H16N2O2S/c1-2-22-18(21)19-15-10-8-13(9-11-15)16-12-23-17(20-16)14-6-4-3-5-7-14/h3-12H,2H2,1H3,(H,19,21). The third kappa shape index (κ3) is 3.76. The molecule has 0 spiro atoms. The van der Waals surface area contributed by atoms with Crippen LogP contribution in [0.4, 0.5) is 10.5 Å². The van der Waals surface area contributed by atoms with Crippen molar-refractivity contribution < 1.29 is 9.53 Å². The molecule has 0 radical (unpaired) electrons. The summed E-state index contributed by atoms with van der Waals surface area (Å²) in [5.74, 6) is 0. The Kier molecular flexibility index (Phi) is 4.68. The molecule has 0 unspecified atom stereocenters. The van der Waals surface area contributed by atoms with Gasteiger partial charge in [0.15, 0.2) is 0 Å². The molecule has 0 saturated heterocycles. The van der Waals surface area contributed by atoms with Crippen molar-refractivity contribution in [2.45, 2.75) is 6.92 Å². The lowest BCUT2D eigenvalue weighted by molar-refractivity contribution is 0.168. The molecule has 0 fully saturated rings. The fraction of sp³-hybridized carbons (Fsp3) is 0.111. The molecule has 3 aromatic rings. The molecular weight excluding hydrogens is 308 g/mol. The molecule has 0 aliphatic heterocycles. The summed E-state index contributed by atoms with van der Waals surface area (Å²) in [6, 6.07) is 17.7. The monoisotopic (exact) mass is 324 g/mol. The molecule has 0 bridgehead atoms. The minimum Gasteiger partial charge on any atom is -0.450 e. The maximum Gasteiger partial charge on any atom is 0.411 e. The zero-order valence-corrected chi connectivity index (χ0v) is 13.5. The molecule has 116 valence electrons. The Morgan fingerprint density at radius 3 is 2.52 bits per heavy atom. The van der Waals surface area contributed by atoms with E-state index in [1.54, 1.807) is 18.3 Å². The van der Waals surface area contributed by atoms with Crippen LogP contribution in [0.25, 0.3) is 21.8 Å². The van der Waals surface area contributed by atoms with E-state index < -0.39 is 6.09 Å². The summed E-state index contributed by atoms with van der Waals surface area (Å²) in [6.45, 7) is 2.13. The number of aromatic nitrogens is 1. The van der Waals surface area contributed by atoms with Gasteiger partial charge in [0.1, 0.15) is 5.01 Å². The van der Waals surface area contributed by atoms with Gasteiger partial charge in [-0.15, -0.1) is 11.3 Å². The molecule has 1 N–H and O–H groups in total. The van der Waals surface area contributed by atoms with Gasteiger partial charge in [0.2, 0.25) is 0 Å². The van der Waals surface area contributed by atoms with E-state index in [2.05, 4.69) is 22.4 Å². The minimum atomic E-state index is -0.444. The second-order valence-corrected chi connectivity index (χ2v) is 5.68. The summed E-state index contributed by atoms with van der Waals surface area (Å²) in [7, 11) is 0. The average Bonchev–Trinajstić information content (AvgIpc) is 3.07. The van der Waals surface area contributed by atoms with Crippen molar-refractivity contribution in [2.75, 3.05) is 11.9 Å². The molecule has 0 atom stereocenters. The number of nitrogens with zero attached hydrogens (tertiary/aromatic N) is 1. The van der Waals surface area contributed by atoms with Crippen LogP contribution in [0.15, 0.2) is 60.0 Å². The first kappa shape index (κ1) is 15.2. The molecule has 4 nitrogen and oxygen atoms in total. The van der Waals surface area contributed by atoms with Crippen molar-refractivity contribution in [1.29, 1.82) is 0 Å². The van der Waals surface area contributed by atoms with Crippen LogP contribution < -0.4 is 5.32 Å². The van der Waals surface area contributed by atoms with Crippen molar-refractivity contribution in [1.82, 2.24) is 4.98 Å². The van der Waals surface area contributed by atoms with Crippen LogP contribution in [0.3, 0.4) is 0 Å². The fourth-order valence-corrected chi connectivity index (χ4v) is 2.96. The van der Waals surface area contributed by atoms with Gasteiger partial charge in [-0.3, -0.25) is 5.32 Å². The number of hydrogen-bond donors (Lipinski definition) is 1. The van der Waals surface area contributed by atoms with Crippen LogP contribution in [0, 0.1) is 0 Å². The average molecular weight is 324 g/mol. The molecule has 23 heavy (non-hydrogen) atoms. The summed E-state index contributed by atoms with van der Waals surface area (Å²) in [6.07, 6.45) is -0.444. The number of amides is 1. The lowest BCUT2D eigenvalue weighted by Crippen LogP contribution is -2.12. The van der Waals surface area contributed by atoms with Gasteiger partial charge in [-0.1, -0.05) is 42.5 Å². The summed E-state index contributed by atoms with van der Waals surface area (Å²) in [4.78, 5) is 16.1. The number of ether oxygens (including phenoxy) is 1. The van der Waals surface area contributed by atoms with Crippen LogP contribution in [0.2, 0.25) is 0 Å². The van der Waals surface area contributed by atoms with E-state index in [0.29, 0.717) is 12.3 Å². The van der Waals surface area contributed by atoms with Gasteiger partial charge in [0.25, 0.3) is 0 Å². The molecule has 0 aliphatic carbocycles. The number of anilines is 1. The highest BCUT2D eigenvalue weighted by Gasteiger charge is 2.07. The van der Waals surface area contributed by atoms with Crippen molar-refractivity contribution in [3.05, 3.63) is 60.0 Å². The highest BCUT2D eigenvalue weighted by molar-refractivity contribution is 7.13. The SMILES string of the molecule is CCOC(=O)Nc1ccc(-c2csc(-c3ccccc3)n2)cc1. The van der Waals surface area contributed by atoms with Crippen LogP contribution >= 0.6 is 11.3 Å². The Hall–Kier alpha value is -2.66. The van der Waals surface area contributed by atoms with Gasteiger partial charge < -0.3 is 4.74 Å². The molecule has 3 rings (SSSR count). The molecule has 5 heteroatoms. The predicted octanol–water partition coefficient (Wildman–Crippen LogP) is 5.05. The zero-order valence-electron chi connectivity index (χ0n) is 12.7. The first-order chi connectivity index (χ1) is 11.3. The van der Waals surface area contributed by atoms with Gasteiger partial charge in [-0.25, -0.2) is 9.78 Å². The molecule has 0 aliphatic rings. The van der Waals surface area contributed by atoms with Crippen LogP contribution in [-0.4, -0.2) is 17.7 Å². The van der Waals surface area contributed by atoms with Crippen molar-refractivity contribution in [3.8, 4) is 21.8 Å². The highest BCUT2D eigenvalue weighted by Crippen LogP contribution is 2.29. The number of nitrogens with one attached hydrogen (secondary N) is 1. The van der Waals surface area contributed by atoms with Gasteiger partial charge in [0.05, 0.1) is 12.3 Å². The third-order valence-electron chi connectivity index (χ3n) is 3.23. The highest BCUT2D eigenvalue weighted by atomic mass is 32.1. The summed E-state index contributed by atoms with van der Waals surface area (Å²) < 4.78 is 4.85. The Morgan fingerprint density at radius 1 is 1.09 bits per heavy atom. The maximum absolute atomic E-state index is 11.4. The van der Waals surface area contributed by atoms with E-state index in [4.69, 9.17) is 4.74 Å².